The van der Waals surface area contributed by atoms with Crippen molar-refractivity contribution in [1.82, 2.24) is 0 Å². The quantitative estimate of drug-likeness (QED) is 0.326. The van der Waals surface area contributed by atoms with Gasteiger partial charge in [0.2, 0.25) is 0 Å². The summed E-state index contributed by atoms with van der Waals surface area (Å²) in [7, 11) is 0. The minimum absolute atomic E-state index is 0. The Kier molecular flexibility index (Phi) is 28.0. The van der Waals surface area contributed by atoms with E-state index in [1.54, 1.807) is 13.2 Å². The van der Waals surface area contributed by atoms with Crippen molar-refractivity contribution in [3.63, 3.8) is 0 Å². The summed E-state index contributed by atoms with van der Waals surface area (Å²) >= 11 is 0. The van der Waals surface area contributed by atoms with Gasteiger partial charge in [0.05, 0.1) is 0 Å². The molecule has 0 aliphatic carbocycles. The third kappa shape index (κ3) is 236. The molecule has 0 aromatic carbocycles. The fourth-order valence-electron chi connectivity index (χ4n) is 0. The fourth-order valence-corrected chi connectivity index (χ4v) is 0. The second kappa shape index (κ2) is 15.7. The van der Waals surface area contributed by atoms with E-state index in [4.69, 9.17) is 14.7 Å². The van der Waals surface area contributed by atoms with Crippen molar-refractivity contribution in [3.05, 3.63) is 0 Å². The second-order valence-corrected chi connectivity index (χ2v) is 1.02. The normalized spacial score (nSPS) is 5.56. The van der Waals surface area contributed by atoms with Gasteiger partial charge < -0.3 is 9.90 Å². The Hall–Kier alpha value is 0.140. The molecule has 48 valence electrons. The van der Waals surface area contributed by atoms with Crippen LogP contribution < -0.4 is 29.6 Å². The fraction of sp³-hybridized carbons (Fsp3) is 0.600. The third-order valence-electron chi connectivity index (χ3n) is 0.144. The van der Waals surface area contributed by atoms with Gasteiger partial charge in [-0.2, -0.15) is 6.42 Å². The zero-order valence-corrected chi connectivity index (χ0v) is 7.97. The molecular weight excluding hydrogens is 131 g/mol. The molecule has 1 N–H and O–H groups in total. The molecule has 0 radical (unpaired) electrons. The number of carbonyl (C=O) groups is 1. The van der Waals surface area contributed by atoms with Crippen molar-refractivity contribution in [2.45, 2.75) is 20.3 Å². The van der Waals surface area contributed by atoms with E-state index in [1.165, 1.54) is 0 Å². The summed E-state index contributed by atoms with van der Waals surface area (Å²) in [6, 6.07) is 0. The number of aliphatic carboxylic acids is 1. The monoisotopic (exact) mass is 140 g/mol. The first kappa shape index (κ1) is 16.1. The van der Waals surface area contributed by atoms with Gasteiger partial charge in [0.15, 0.2) is 0 Å². The number of carboxylic acids is 1. The molecule has 4 heteroatoms. The number of carboxylic acid groups (broad SMARTS) is 1. The maximum absolute atomic E-state index is 9.05. The smallest absolute Gasteiger partial charge is 0.542 e. The molecule has 0 atom stereocenters. The third-order valence-corrected chi connectivity index (χ3v) is 0.144. The van der Waals surface area contributed by atoms with Gasteiger partial charge in [0.1, 0.15) is 0 Å². The molecule has 0 aromatic heterocycles. The van der Waals surface area contributed by atoms with Crippen LogP contribution in [0, 0.1) is 0 Å². The van der Waals surface area contributed by atoms with Crippen LogP contribution in [0.2, 0.25) is 0 Å². The van der Waals surface area contributed by atoms with Crippen molar-refractivity contribution in [1.29, 1.82) is 0 Å². The molecule has 0 saturated heterocycles. The molecule has 0 aliphatic heterocycles. The number of hydrogen-bond acceptors (Lipinski definition) is 2. The van der Waals surface area contributed by atoms with E-state index in [-0.39, 0.29) is 29.6 Å². The van der Waals surface area contributed by atoms with Gasteiger partial charge in [0.25, 0.3) is 5.97 Å². The molecule has 3 nitrogen and oxygen atoms in total. The van der Waals surface area contributed by atoms with Crippen LogP contribution in [-0.2, 0) is 9.59 Å². The average molecular weight is 140 g/mol. The topological polar surface area (TPSA) is 54.4 Å². The van der Waals surface area contributed by atoms with Crippen LogP contribution in [0.1, 0.15) is 20.3 Å². The summed E-state index contributed by atoms with van der Waals surface area (Å²) in [4.78, 5) is 18.0. The average Bonchev–Trinajstić information content (AvgIpc) is 1.65. The molecule has 0 aliphatic rings. The van der Waals surface area contributed by atoms with Crippen LogP contribution in [-0.4, -0.2) is 17.4 Å². The van der Waals surface area contributed by atoms with Crippen LogP contribution in [0.3, 0.4) is 0 Å². The number of hydrogen-bond donors (Lipinski definition) is 1. The molecular formula is C5H9NaO3. The van der Waals surface area contributed by atoms with E-state index in [0.29, 0.717) is 6.42 Å². The molecule has 0 bridgehead atoms. The Morgan fingerprint density at radius 2 is 1.78 bits per heavy atom. The first-order valence-electron chi connectivity index (χ1n) is 2.19. The minimum atomic E-state index is -0.833. The summed E-state index contributed by atoms with van der Waals surface area (Å²) in [5.41, 5.74) is 0. The SMILES string of the molecule is CC(=O)O.CC[C-]=O.[Na+]. The molecule has 0 aromatic rings. The Morgan fingerprint density at radius 1 is 1.67 bits per heavy atom. The molecule has 9 heavy (non-hydrogen) atoms. The molecule has 0 heterocycles. The minimum Gasteiger partial charge on any atom is -0.542 e. The van der Waals surface area contributed by atoms with Crippen LogP contribution in [0.25, 0.3) is 0 Å². The summed E-state index contributed by atoms with van der Waals surface area (Å²) < 4.78 is 0. The molecule has 0 fully saturated rings. The molecule has 0 unspecified atom stereocenters. The summed E-state index contributed by atoms with van der Waals surface area (Å²) in [5, 5.41) is 7.42. The first-order valence-corrected chi connectivity index (χ1v) is 2.19. The van der Waals surface area contributed by atoms with E-state index in [9.17, 15) is 0 Å². The van der Waals surface area contributed by atoms with Gasteiger partial charge in [0, 0.05) is 6.92 Å². The summed E-state index contributed by atoms with van der Waals surface area (Å²) in [5.74, 6) is -0.833. The summed E-state index contributed by atoms with van der Waals surface area (Å²) in [6.07, 6.45) is 2.19. The van der Waals surface area contributed by atoms with Gasteiger partial charge in [-0.25, -0.2) is 0 Å². The van der Waals surface area contributed by atoms with Crippen molar-refractivity contribution in [3.8, 4) is 0 Å². The maximum atomic E-state index is 9.05. The van der Waals surface area contributed by atoms with Crippen molar-refractivity contribution < 1.29 is 44.3 Å². The van der Waals surface area contributed by atoms with E-state index in [0.717, 1.165) is 6.92 Å². The Labute approximate surface area is 76.7 Å². The van der Waals surface area contributed by atoms with Crippen LogP contribution in [0.5, 0.6) is 0 Å². The maximum Gasteiger partial charge on any atom is 1.00 e. The predicted octanol–water partition coefficient (Wildman–Crippen LogP) is -2.40. The van der Waals surface area contributed by atoms with Gasteiger partial charge in [-0.1, -0.05) is 6.92 Å². The largest absolute Gasteiger partial charge is 1.00 e. The molecule has 0 spiro atoms. The second-order valence-electron chi connectivity index (χ2n) is 1.02. The Balaban J connectivity index is -0.0000000720. The predicted molar refractivity (Wildman–Crippen MR) is 29.3 cm³/mol. The molecule has 0 saturated carbocycles. The van der Waals surface area contributed by atoms with Gasteiger partial charge >= 0.3 is 29.6 Å². The van der Waals surface area contributed by atoms with E-state index >= 15 is 0 Å². The van der Waals surface area contributed by atoms with E-state index < -0.39 is 5.97 Å². The van der Waals surface area contributed by atoms with Crippen LogP contribution in [0.4, 0.5) is 0 Å². The zero-order chi connectivity index (χ0) is 6.99. The van der Waals surface area contributed by atoms with Gasteiger partial charge in [-0.3, -0.25) is 11.1 Å². The molecule has 0 rings (SSSR count). The van der Waals surface area contributed by atoms with Crippen molar-refractivity contribution in [2.24, 2.45) is 0 Å². The standard InChI is InChI=1S/C3H5O.C2H4O2.Na/c1-2-3-4;1-2(3)4;/h2H2,1H3;1H3,(H,3,4);/q-1;;+1. The first-order chi connectivity index (χ1) is 3.65. The van der Waals surface area contributed by atoms with Gasteiger partial charge in [-0.05, 0) is 0 Å². The Bertz CT molecular complexity index is 68.6. The van der Waals surface area contributed by atoms with Crippen molar-refractivity contribution in [2.75, 3.05) is 0 Å². The van der Waals surface area contributed by atoms with Crippen molar-refractivity contribution >= 4 is 12.3 Å². The van der Waals surface area contributed by atoms with Gasteiger partial charge in [-0.15, -0.1) is 0 Å². The number of rotatable bonds is 1. The summed E-state index contributed by atoms with van der Waals surface area (Å²) in [6.45, 7) is 2.84. The van der Waals surface area contributed by atoms with Crippen LogP contribution in [0.15, 0.2) is 0 Å². The molecule has 0 amide bonds. The number of carbonyl (C=O) groups excluding carboxylic acids is 1. The zero-order valence-electron chi connectivity index (χ0n) is 5.97. The van der Waals surface area contributed by atoms with Crippen LogP contribution >= 0.6 is 0 Å². The van der Waals surface area contributed by atoms with E-state index in [2.05, 4.69) is 0 Å². The Morgan fingerprint density at radius 3 is 1.78 bits per heavy atom. The van der Waals surface area contributed by atoms with E-state index in [1.807, 2.05) is 0 Å².